The van der Waals surface area contributed by atoms with Crippen LogP contribution in [0.5, 0.6) is 5.75 Å². The highest BCUT2D eigenvalue weighted by Gasteiger charge is 2.25. The third-order valence-corrected chi connectivity index (χ3v) is 3.06. The van der Waals surface area contributed by atoms with Gasteiger partial charge in [-0.3, -0.25) is 0 Å². The fourth-order valence-electron chi connectivity index (χ4n) is 1.90. The van der Waals surface area contributed by atoms with Crippen LogP contribution in [-0.2, 0) is 5.54 Å². The Kier molecular flexibility index (Phi) is 3.72. The molecule has 2 rings (SSSR count). The number of hydrogen-bond acceptors (Lipinski definition) is 3. The summed E-state index contributed by atoms with van der Waals surface area (Å²) >= 11 is 0. The molecule has 1 unspecified atom stereocenters. The molecule has 0 aliphatic heterocycles. The summed E-state index contributed by atoms with van der Waals surface area (Å²) in [4.78, 5) is 0. The number of nitrogens with one attached hydrogen (secondary N) is 1. The molecule has 0 aliphatic carbocycles. The monoisotopic (exact) mass is 252 g/mol. The molecular formula is C16H16N2O. The van der Waals surface area contributed by atoms with E-state index in [2.05, 4.69) is 11.4 Å². The minimum atomic E-state index is -0.754. The molecule has 0 spiro atoms. The summed E-state index contributed by atoms with van der Waals surface area (Å²) in [6.07, 6.45) is 0. The number of nitrogens with zero attached hydrogens (tertiary/aromatic N) is 1. The van der Waals surface area contributed by atoms with Crippen LogP contribution in [0.25, 0.3) is 0 Å². The Morgan fingerprint density at radius 3 is 2.21 bits per heavy atom. The number of rotatable bonds is 4. The van der Waals surface area contributed by atoms with Crippen LogP contribution >= 0.6 is 0 Å². The van der Waals surface area contributed by atoms with Crippen LogP contribution in [0, 0.1) is 11.3 Å². The Labute approximate surface area is 113 Å². The van der Waals surface area contributed by atoms with Gasteiger partial charge in [-0.1, -0.05) is 30.3 Å². The highest BCUT2D eigenvalue weighted by Crippen LogP contribution is 2.26. The maximum atomic E-state index is 9.46. The molecule has 3 nitrogen and oxygen atoms in total. The molecule has 2 aromatic carbocycles. The van der Waals surface area contributed by atoms with E-state index in [1.807, 2.05) is 61.5 Å². The molecule has 0 fully saturated rings. The first-order valence-electron chi connectivity index (χ1n) is 6.07. The van der Waals surface area contributed by atoms with Crippen molar-refractivity contribution in [1.29, 1.82) is 5.26 Å². The van der Waals surface area contributed by atoms with E-state index in [1.54, 1.807) is 7.11 Å². The van der Waals surface area contributed by atoms with Crippen molar-refractivity contribution < 1.29 is 4.74 Å². The van der Waals surface area contributed by atoms with E-state index in [9.17, 15) is 5.26 Å². The van der Waals surface area contributed by atoms with Gasteiger partial charge >= 0.3 is 0 Å². The largest absolute Gasteiger partial charge is 0.497 e. The number of ether oxygens (including phenoxy) is 1. The number of methoxy groups -OCH3 is 1. The van der Waals surface area contributed by atoms with Crippen molar-refractivity contribution in [2.75, 3.05) is 12.4 Å². The molecule has 2 aromatic rings. The van der Waals surface area contributed by atoms with Crippen LogP contribution in [0.4, 0.5) is 5.69 Å². The zero-order valence-electron chi connectivity index (χ0n) is 11.1. The van der Waals surface area contributed by atoms with E-state index in [4.69, 9.17) is 4.74 Å². The van der Waals surface area contributed by atoms with Gasteiger partial charge in [0.05, 0.1) is 13.2 Å². The Morgan fingerprint density at radius 1 is 1.05 bits per heavy atom. The molecule has 1 atom stereocenters. The fourth-order valence-corrected chi connectivity index (χ4v) is 1.90. The molecule has 0 saturated carbocycles. The van der Waals surface area contributed by atoms with Crippen molar-refractivity contribution in [3.05, 3.63) is 60.2 Å². The molecule has 0 aliphatic rings. The minimum absolute atomic E-state index is 0.754. The maximum Gasteiger partial charge on any atom is 0.148 e. The number of benzene rings is 2. The normalized spacial score (nSPS) is 13.1. The molecule has 3 heteroatoms. The third kappa shape index (κ3) is 2.86. The van der Waals surface area contributed by atoms with Gasteiger partial charge in [-0.05, 0) is 36.8 Å². The van der Waals surface area contributed by atoms with Gasteiger partial charge in [-0.2, -0.15) is 5.26 Å². The first kappa shape index (κ1) is 13.0. The Balaban J connectivity index is 2.26. The Hall–Kier alpha value is -2.47. The minimum Gasteiger partial charge on any atom is -0.497 e. The average molecular weight is 252 g/mol. The topological polar surface area (TPSA) is 45.0 Å². The average Bonchev–Trinajstić information content (AvgIpc) is 2.49. The zero-order chi connectivity index (χ0) is 13.7. The van der Waals surface area contributed by atoms with Crippen molar-refractivity contribution >= 4 is 5.69 Å². The second-order valence-corrected chi connectivity index (χ2v) is 4.46. The van der Waals surface area contributed by atoms with Crippen molar-refractivity contribution in [3.8, 4) is 11.8 Å². The molecular weight excluding hydrogens is 236 g/mol. The van der Waals surface area contributed by atoms with Gasteiger partial charge in [0, 0.05) is 5.69 Å². The van der Waals surface area contributed by atoms with E-state index in [0.717, 1.165) is 17.0 Å². The van der Waals surface area contributed by atoms with Crippen LogP contribution in [0.2, 0.25) is 0 Å². The van der Waals surface area contributed by atoms with Crippen molar-refractivity contribution in [1.82, 2.24) is 0 Å². The summed E-state index contributed by atoms with van der Waals surface area (Å²) in [7, 11) is 1.63. The molecule has 19 heavy (non-hydrogen) atoms. The Morgan fingerprint density at radius 2 is 1.68 bits per heavy atom. The van der Waals surface area contributed by atoms with Crippen LogP contribution in [0.15, 0.2) is 54.6 Å². The van der Waals surface area contributed by atoms with Crippen molar-refractivity contribution in [2.24, 2.45) is 0 Å². The fraction of sp³-hybridized carbons (Fsp3) is 0.188. The van der Waals surface area contributed by atoms with E-state index >= 15 is 0 Å². The summed E-state index contributed by atoms with van der Waals surface area (Å²) in [6, 6.07) is 19.6. The van der Waals surface area contributed by atoms with Gasteiger partial charge in [-0.25, -0.2) is 0 Å². The summed E-state index contributed by atoms with van der Waals surface area (Å²) in [5, 5.41) is 12.7. The van der Waals surface area contributed by atoms with Gasteiger partial charge in [0.15, 0.2) is 0 Å². The maximum absolute atomic E-state index is 9.46. The second-order valence-electron chi connectivity index (χ2n) is 4.46. The summed E-state index contributed by atoms with van der Waals surface area (Å²) < 4.78 is 5.12. The van der Waals surface area contributed by atoms with Crippen molar-refractivity contribution in [3.63, 3.8) is 0 Å². The van der Waals surface area contributed by atoms with Crippen LogP contribution in [0.3, 0.4) is 0 Å². The molecule has 96 valence electrons. The molecule has 0 saturated heterocycles. The lowest BCUT2D eigenvalue weighted by atomic mass is 9.93. The quantitative estimate of drug-likeness (QED) is 0.905. The van der Waals surface area contributed by atoms with Crippen molar-refractivity contribution in [2.45, 2.75) is 12.5 Å². The predicted octanol–water partition coefficient (Wildman–Crippen LogP) is 3.55. The van der Waals surface area contributed by atoms with E-state index in [0.29, 0.717) is 0 Å². The first-order chi connectivity index (χ1) is 9.18. The number of hydrogen-bond donors (Lipinski definition) is 1. The summed E-state index contributed by atoms with van der Waals surface area (Å²) in [5.74, 6) is 0.795. The molecule has 0 bridgehead atoms. The van der Waals surface area contributed by atoms with E-state index in [-0.39, 0.29) is 0 Å². The lowest BCUT2D eigenvalue weighted by Gasteiger charge is -2.25. The smallest absolute Gasteiger partial charge is 0.148 e. The third-order valence-electron chi connectivity index (χ3n) is 3.06. The van der Waals surface area contributed by atoms with E-state index in [1.165, 1.54) is 0 Å². The first-order valence-corrected chi connectivity index (χ1v) is 6.07. The van der Waals surface area contributed by atoms with Gasteiger partial charge in [0.2, 0.25) is 0 Å². The summed E-state index contributed by atoms with van der Waals surface area (Å²) in [5.41, 5.74) is 1.07. The zero-order valence-corrected chi connectivity index (χ0v) is 11.1. The highest BCUT2D eigenvalue weighted by molar-refractivity contribution is 5.52. The standard InChI is InChI=1S/C16H16N2O/c1-16(12-17,13-6-4-3-5-7-13)18-14-8-10-15(19-2)11-9-14/h3-11,18H,1-2H3. The van der Waals surface area contributed by atoms with Gasteiger partial charge in [-0.15, -0.1) is 0 Å². The van der Waals surface area contributed by atoms with Crippen LogP contribution < -0.4 is 10.1 Å². The molecule has 0 amide bonds. The van der Waals surface area contributed by atoms with Crippen LogP contribution in [-0.4, -0.2) is 7.11 Å². The summed E-state index contributed by atoms with van der Waals surface area (Å²) in [6.45, 7) is 1.87. The van der Waals surface area contributed by atoms with Gasteiger partial charge < -0.3 is 10.1 Å². The molecule has 0 radical (unpaired) electrons. The van der Waals surface area contributed by atoms with E-state index < -0.39 is 5.54 Å². The predicted molar refractivity (Wildman–Crippen MR) is 76.0 cm³/mol. The second kappa shape index (κ2) is 5.45. The lowest BCUT2D eigenvalue weighted by Crippen LogP contribution is -2.29. The SMILES string of the molecule is COc1ccc(NC(C)(C#N)c2ccccc2)cc1. The molecule has 0 heterocycles. The number of anilines is 1. The van der Waals surface area contributed by atoms with Crippen LogP contribution in [0.1, 0.15) is 12.5 Å². The molecule has 0 aromatic heterocycles. The van der Waals surface area contributed by atoms with Gasteiger partial charge in [0.25, 0.3) is 0 Å². The Bertz CT molecular complexity index is 572. The lowest BCUT2D eigenvalue weighted by molar-refractivity contribution is 0.415. The molecule has 1 N–H and O–H groups in total. The van der Waals surface area contributed by atoms with Gasteiger partial charge in [0.1, 0.15) is 11.3 Å². The highest BCUT2D eigenvalue weighted by atomic mass is 16.5. The number of nitriles is 1.